The van der Waals surface area contributed by atoms with Gasteiger partial charge in [0.2, 0.25) is 0 Å². The first-order chi connectivity index (χ1) is 10.2. The molecule has 3 rings (SSSR count). The van der Waals surface area contributed by atoms with Gasteiger partial charge in [0.1, 0.15) is 11.6 Å². The molecule has 0 atom stereocenters. The van der Waals surface area contributed by atoms with E-state index in [1.807, 2.05) is 6.07 Å². The molecule has 2 aromatic rings. The van der Waals surface area contributed by atoms with E-state index >= 15 is 0 Å². The van der Waals surface area contributed by atoms with E-state index < -0.39 is 0 Å². The van der Waals surface area contributed by atoms with Crippen molar-refractivity contribution < 1.29 is 8.78 Å². The summed E-state index contributed by atoms with van der Waals surface area (Å²) >= 11 is 1.50. The monoisotopic (exact) mass is 305 g/mol. The van der Waals surface area contributed by atoms with Crippen LogP contribution >= 0.6 is 11.8 Å². The number of halogens is 2. The zero-order valence-corrected chi connectivity index (χ0v) is 12.4. The van der Waals surface area contributed by atoms with E-state index in [0.29, 0.717) is 5.92 Å². The largest absolute Gasteiger partial charge is 0.317 e. The van der Waals surface area contributed by atoms with Crippen LogP contribution in [0.25, 0.3) is 0 Å². The molecule has 0 aromatic heterocycles. The van der Waals surface area contributed by atoms with Crippen molar-refractivity contribution in [2.24, 2.45) is 0 Å². The van der Waals surface area contributed by atoms with Gasteiger partial charge in [0, 0.05) is 9.79 Å². The molecule has 1 fully saturated rings. The summed E-state index contributed by atoms with van der Waals surface area (Å²) in [6.07, 6.45) is 2.14. The minimum Gasteiger partial charge on any atom is -0.317 e. The molecule has 0 aliphatic carbocycles. The molecule has 1 saturated heterocycles. The lowest BCUT2D eigenvalue weighted by Gasteiger charge is -2.25. The van der Waals surface area contributed by atoms with Crippen molar-refractivity contribution >= 4 is 11.8 Å². The van der Waals surface area contributed by atoms with E-state index in [2.05, 4.69) is 5.32 Å². The molecular weight excluding hydrogens is 288 g/mol. The van der Waals surface area contributed by atoms with Crippen LogP contribution < -0.4 is 5.32 Å². The molecule has 1 heterocycles. The SMILES string of the molecule is Fc1ccc(Sc2cc(F)ccc2C2CCNCC2)cc1. The normalized spacial score (nSPS) is 16.1. The fraction of sp³-hybridized carbons (Fsp3) is 0.294. The molecule has 1 N–H and O–H groups in total. The van der Waals surface area contributed by atoms with Crippen LogP contribution in [0.5, 0.6) is 0 Å². The summed E-state index contributed by atoms with van der Waals surface area (Å²) in [7, 11) is 0. The number of rotatable bonds is 3. The number of hydrogen-bond donors (Lipinski definition) is 1. The first-order valence-corrected chi connectivity index (χ1v) is 7.97. The van der Waals surface area contributed by atoms with Crippen LogP contribution in [0.3, 0.4) is 0 Å². The second kappa shape index (κ2) is 6.58. The fourth-order valence-electron chi connectivity index (χ4n) is 2.70. The standard InChI is InChI=1S/C17H17F2NS/c18-13-1-4-15(5-2-13)21-17-11-14(19)3-6-16(17)12-7-9-20-10-8-12/h1-6,11-12,20H,7-10H2. The zero-order valence-electron chi connectivity index (χ0n) is 11.6. The Morgan fingerprint density at radius 2 is 1.57 bits per heavy atom. The Bertz CT molecular complexity index is 607. The van der Waals surface area contributed by atoms with Crippen LogP contribution in [0.2, 0.25) is 0 Å². The number of hydrogen-bond acceptors (Lipinski definition) is 2. The average molecular weight is 305 g/mol. The summed E-state index contributed by atoms with van der Waals surface area (Å²) in [4.78, 5) is 1.87. The lowest BCUT2D eigenvalue weighted by atomic mass is 9.90. The lowest BCUT2D eigenvalue weighted by Crippen LogP contribution is -2.26. The smallest absolute Gasteiger partial charge is 0.124 e. The topological polar surface area (TPSA) is 12.0 Å². The molecule has 4 heteroatoms. The lowest BCUT2D eigenvalue weighted by molar-refractivity contribution is 0.455. The van der Waals surface area contributed by atoms with Gasteiger partial charge in [0.15, 0.2) is 0 Å². The summed E-state index contributed by atoms with van der Waals surface area (Å²) < 4.78 is 26.6. The van der Waals surface area contributed by atoms with Crippen molar-refractivity contribution in [1.29, 1.82) is 0 Å². The summed E-state index contributed by atoms with van der Waals surface area (Å²) in [5.41, 5.74) is 1.20. The first kappa shape index (κ1) is 14.5. The van der Waals surface area contributed by atoms with E-state index in [9.17, 15) is 8.78 Å². The van der Waals surface area contributed by atoms with Gasteiger partial charge < -0.3 is 5.32 Å². The van der Waals surface area contributed by atoms with Gasteiger partial charge in [-0.05, 0) is 73.8 Å². The molecule has 0 bridgehead atoms. The maximum atomic E-state index is 13.6. The number of benzene rings is 2. The van der Waals surface area contributed by atoms with Crippen LogP contribution in [0.4, 0.5) is 8.78 Å². The van der Waals surface area contributed by atoms with Crippen LogP contribution in [0.15, 0.2) is 52.3 Å². The molecule has 21 heavy (non-hydrogen) atoms. The molecule has 0 unspecified atom stereocenters. The predicted octanol–water partition coefficient (Wildman–Crippen LogP) is 4.58. The van der Waals surface area contributed by atoms with Crippen molar-refractivity contribution in [2.75, 3.05) is 13.1 Å². The highest BCUT2D eigenvalue weighted by Gasteiger charge is 2.19. The average Bonchev–Trinajstić information content (AvgIpc) is 2.51. The molecule has 1 aliphatic rings. The second-order valence-corrected chi connectivity index (χ2v) is 6.38. The second-order valence-electron chi connectivity index (χ2n) is 5.26. The molecule has 0 amide bonds. The molecule has 1 nitrogen and oxygen atoms in total. The molecular formula is C17H17F2NS. The van der Waals surface area contributed by atoms with Gasteiger partial charge in [0.25, 0.3) is 0 Å². The van der Waals surface area contributed by atoms with Crippen molar-refractivity contribution in [1.82, 2.24) is 5.32 Å². The van der Waals surface area contributed by atoms with Crippen LogP contribution in [-0.2, 0) is 0 Å². The summed E-state index contributed by atoms with van der Waals surface area (Å²) in [5.74, 6) is -0.00994. The van der Waals surface area contributed by atoms with Gasteiger partial charge in [0.05, 0.1) is 0 Å². The highest BCUT2D eigenvalue weighted by molar-refractivity contribution is 7.99. The minimum atomic E-state index is -0.253. The van der Waals surface area contributed by atoms with E-state index in [-0.39, 0.29) is 11.6 Å². The third-order valence-corrected chi connectivity index (χ3v) is 4.88. The first-order valence-electron chi connectivity index (χ1n) is 7.16. The summed E-state index contributed by atoms with van der Waals surface area (Å²) in [6.45, 7) is 2.01. The Morgan fingerprint density at radius 3 is 2.29 bits per heavy atom. The third-order valence-electron chi connectivity index (χ3n) is 3.80. The molecule has 1 aliphatic heterocycles. The van der Waals surface area contributed by atoms with Gasteiger partial charge in [-0.3, -0.25) is 0 Å². The van der Waals surface area contributed by atoms with E-state index in [0.717, 1.165) is 35.7 Å². The Labute approximate surface area is 127 Å². The Morgan fingerprint density at radius 1 is 0.905 bits per heavy atom. The molecule has 0 saturated carbocycles. The van der Waals surface area contributed by atoms with E-state index in [1.165, 1.54) is 35.5 Å². The van der Waals surface area contributed by atoms with Crippen molar-refractivity contribution in [3.05, 3.63) is 59.7 Å². The molecule has 110 valence electrons. The van der Waals surface area contributed by atoms with Crippen LogP contribution in [0.1, 0.15) is 24.3 Å². The van der Waals surface area contributed by atoms with E-state index in [1.54, 1.807) is 18.2 Å². The van der Waals surface area contributed by atoms with Gasteiger partial charge in [-0.1, -0.05) is 17.8 Å². The third kappa shape index (κ3) is 3.63. The van der Waals surface area contributed by atoms with Crippen molar-refractivity contribution in [2.45, 2.75) is 28.6 Å². The van der Waals surface area contributed by atoms with Gasteiger partial charge in [-0.15, -0.1) is 0 Å². The van der Waals surface area contributed by atoms with Crippen LogP contribution in [0, 0.1) is 11.6 Å². The Hall–Kier alpha value is -1.39. The molecule has 0 radical (unpaired) electrons. The van der Waals surface area contributed by atoms with Gasteiger partial charge in [-0.2, -0.15) is 0 Å². The quantitative estimate of drug-likeness (QED) is 0.890. The number of nitrogens with one attached hydrogen (secondary N) is 1. The maximum absolute atomic E-state index is 13.6. The Kier molecular flexibility index (Phi) is 4.56. The Balaban J connectivity index is 1.88. The zero-order chi connectivity index (χ0) is 14.7. The van der Waals surface area contributed by atoms with E-state index in [4.69, 9.17) is 0 Å². The highest BCUT2D eigenvalue weighted by atomic mass is 32.2. The summed E-state index contributed by atoms with van der Waals surface area (Å²) in [5, 5.41) is 3.35. The van der Waals surface area contributed by atoms with Crippen molar-refractivity contribution in [3.63, 3.8) is 0 Å². The van der Waals surface area contributed by atoms with Gasteiger partial charge in [-0.25, -0.2) is 8.78 Å². The summed E-state index contributed by atoms with van der Waals surface area (Å²) in [6, 6.07) is 11.4. The number of piperidine rings is 1. The predicted molar refractivity (Wildman–Crippen MR) is 81.8 cm³/mol. The maximum Gasteiger partial charge on any atom is 0.124 e. The highest BCUT2D eigenvalue weighted by Crippen LogP contribution is 2.37. The molecule has 2 aromatic carbocycles. The van der Waals surface area contributed by atoms with Crippen LogP contribution in [-0.4, -0.2) is 13.1 Å². The fourth-order valence-corrected chi connectivity index (χ4v) is 3.75. The molecule has 0 spiro atoms. The van der Waals surface area contributed by atoms with Crippen molar-refractivity contribution in [3.8, 4) is 0 Å². The minimum absolute atomic E-state index is 0.225. The van der Waals surface area contributed by atoms with Gasteiger partial charge >= 0.3 is 0 Å².